The zero-order valence-electron chi connectivity index (χ0n) is 15.3. The van der Waals surface area contributed by atoms with E-state index in [1.807, 2.05) is 54.6 Å². The standard InChI is InChI=1S/C21H27N3OS/c1-2-3-4-5-9-12-20(25)24-21(26)23-19-15-13-18(14-16-19)22-17-10-7-6-8-11-17/h6-8,10-11,13-16,22H,2-5,9,12H2,1H3,(H2,23,24,25,26). The highest BCUT2D eigenvalue weighted by Crippen LogP contribution is 2.18. The van der Waals surface area contributed by atoms with Crippen molar-refractivity contribution in [1.82, 2.24) is 5.32 Å². The number of unbranched alkanes of at least 4 members (excludes halogenated alkanes) is 4. The van der Waals surface area contributed by atoms with E-state index in [0.717, 1.165) is 29.9 Å². The molecule has 0 fully saturated rings. The van der Waals surface area contributed by atoms with Crippen LogP contribution in [-0.2, 0) is 4.79 Å². The predicted octanol–water partition coefficient (Wildman–Crippen LogP) is 5.60. The van der Waals surface area contributed by atoms with Crippen molar-refractivity contribution in [3.05, 3.63) is 54.6 Å². The molecule has 2 aromatic carbocycles. The molecule has 0 spiro atoms. The number of hydrogen-bond acceptors (Lipinski definition) is 3. The van der Waals surface area contributed by atoms with Crippen LogP contribution in [0.2, 0.25) is 0 Å². The van der Waals surface area contributed by atoms with Crippen LogP contribution < -0.4 is 16.0 Å². The molecule has 2 rings (SSSR count). The third-order valence-corrected chi connectivity index (χ3v) is 4.17. The van der Waals surface area contributed by atoms with E-state index in [1.165, 1.54) is 19.3 Å². The highest BCUT2D eigenvalue weighted by atomic mass is 32.1. The Morgan fingerprint density at radius 3 is 2.15 bits per heavy atom. The van der Waals surface area contributed by atoms with E-state index >= 15 is 0 Å². The van der Waals surface area contributed by atoms with E-state index in [4.69, 9.17) is 12.2 Å². The Kier molecular flexibility index (Phi) is 8.63. The Balaban J connectivity index is 1.72. The summed E-state index contributed by atoms with van der Waals surface area (Å²) in [4.78, 5) is 11.9. The second-order valence-electron chi connectivity index (χ2n) is 6.23. The molecule has 3 N–H and O–H groups in total. The molecule has 0 aliphatic rings. The lowest BCUT2D eigenvalue weighted by atomic mass is 10.1. The fourth-order valence-electron chi connectivity index (χ4n) is 2.57. The smallest absolute Gasteiger partial charge is 0.226 e. The Labute approximate surface area is 161 Å². The number of carbonyl (C=O) groups excluding carboxylic acids is 1. The molecule has 4 nitrogen and oxygen atoms in total. The first-order valence-electron chi connectivity index (χ1n) is 9.20. The predicted molar refractivity (Wildman–Crippen MR) is 114 cm³/mol. The van der Waals surface area contributed by atoms with Gasteiger partial charge >= 0.3 is 0 Å². The van der Waals surface area contributed by atoms with E-state index < -0.39 is 0 Å². The summed E-state index contributed by atoms with van der Waals surface area (Å²) in [6.07, 6.45) is 6.16. The minimum Gasteiger partial charge on any atom is -0.356 e. The number of amides is 1. The van der Waals surface area contributed by atoms with Crippen molar-refractivity contribution in [2.75, 3.05) is 10.6 Å². The van der Waals surface area contributed by atoms with Gasteiger partial charge in [0.05, 0.1) is 0 Å². The summed E-state index contributed by atoms with van der Waals surface area (Å²) in [5.41, 5.74) is 2.87. The molecule has 0 saturated heterocycles. The number of rotatable bonds is 9. The average Bonchev–Trinajstić information content (AvgIpc) is 2.64. The van der Waals surface area contributed by atoms with E-state index in [2.05, 4.69) is 22.9 Å². The monoisotopic (exact) mass is 369 g/mol. The van der Waals surface area contributed by atoms with Crippen molar-refractivity contribution < 1.29 is 4.79 Å². The van der Waals surface area contributed by atoms with Gasteiger partial charge in [0.2, 0.25) is 5.91 Å². The van der Waals surface area contributed by atoms with Crippen LogP contribution in [0.25, 0.3) is 0 Å². The van der Waals surface area contributed by atoms with Gasteiger partial charge in [-0.25, -0.2) is 0 Å². The average molecular weight is 370 g/mol. The van der Waals surface area contributed by atoms with Gasteiger partial charge in [0.1, 0.15) is 0 Å². The number of anilines is 3. The Bertz CT molecular complexity index is 686. The highest BCUT2D eigenvalue weighted by Gasteiger charge is 2.05. The van der Waals surface area contributed by atoms with Gasteiger partial charge in [-0.05, 0) is 55.0 Å². The summed E-state index contributed by atoms with van der Waals surface area (Å²) in [6.45, 7) is 2.18. The molecule has 0 radical (unpaired) electrons. The topological polar surface area (TPSA) is 53.2 Å². The number of benzene rings is 2. The lowest BCUT2D eigenvalue weighted by Crippen LogP contribution is -2.33. The number of para-hydroxylation sites is 1. The van der Waals surface area contributed by atoms with Gasteiger partial charge in [0.25, 0.3) is 0 Å². The molecule has 1 amide bonds. The first kappa shape index (κ1) is 19.9. The van der Waals surface area contributed by atoms with E-state index in [9.17, 15) is 4.79 Å². The maximum Gasteiger partial charge on any atom is 0.226 e. The third kappa shape index (κ3) is 7.66. The fraction of sp³-hybridized carbons (Fsp3) is 0.333. The van der Waals surface area contributed by atoms with Crippen LogP contribution in [0, 0.1) is 0 Å². The molecule has 138 valence electrons. The quantitative estimate of drug-likeness (QED) is 0.397. The van der Waals surface area contributed by atoms with Gasteiger partial charge in [-0.1, -0.05) is 50.8 Å². The Hall–Kier alpha value is -2.40. The molecule has 5 heteroatoms. The highest BCUT2D eigenvalue weighted by molar-refractivity contribution is 7.80. The van der Waals surface area contributed by atoms with Crippen molar-refractivity contribution in [2.45, 2.75) is 45.4 Å². The first-order chi connectivity index (χ1) is 12.7. The second kappa shape index (κ2) is 11.3. The number of nitrogens with one attached hydrogen (secondary N) is 3. The second-order valence-corrected chi connectivity index (χ2v) is 6.64. The van der Waals surface area contributed by atoms with Gasteiger partial charge in [0, 0.05) is 23.5 Å². The van der Waals surface area contributed by atoms with Crippen LogP contribution >= 0.6 is 12.2 Å². The maximum absolute atomic E-state index is 11.9. The van der Waals surface area contributed by atoms with Gasteiger partial charge in [-0.15, -0.1) is 0 Å². The van der Waals surface area contributed by atoms with Crippen LogP contribution in [0.15, 0.2) is 54.6 Å². The fourth-order valence-corrected chi connectivity index (χ4v) is 2.80. The zero-order valence-corrected chi connectivity index (χ0v) is 16.1. The maximum atomic E-state index is 11.9. The molecule has 0 aliphatic heterocycles. The van der Waals surface area contributed by atoms with Gasteiger partial charge < -0.3 is 16.0 Å². The summed E-state index contributed by atoms with van der Waals surface area (Å²) >= 11 is 5.21. The molecule has 0 unspecified atom stereocenters. The minimum absolute atomic E-state index is 0.0265. The van der Waals surface area contributed by atoms with Crippen LogP contribution in [0.1, 0.15) is 45.4 Å². The van der Waals surface area contributed by atoms with Crippen LogP contribution in [-0.4, -0.2) is 11.0 Å². The van der Waals surface area contributed by atoms with Crippen LogP contribution in [0.3, 0.4) is 0 Å². The molecule has 0 heterocycles. The number of thiocarbonyl (C=S) groups is 1. The normalized spacial score (nSPS) is 10.2. The minimum atomic E-state index is -0.0265. The summed E-state index contributed by atoms with van der Waals surface area (Å²) in [5, 5.41) is 9.45. The lowest BCUT2D eigenvalue weighted by molar-refractivity contribution is -0.119. The zero-order chi connectivity index (χ0) is 18.6. The van der Waals surface area contributed by atoms with Crippen molar-refractivity contribution in [3.8, 4) is 0 Å². The molecule has 26 heavy (non-hydrogen) atoms. The molecule has 0 atom stereocenters. The van der Waals surface area contributed by atoms with E-state index in [1.54, 1.807) is 0 Å². The van der Waals surface area contributed by atoms with E-state index in [0.29, 0.717) is 11.5 Å². The molecule has 0 bridgehead atoms. The van der Waals surface area contributed by atoms with Gasteiger partial charge in [0.15, 0.2) is 5.11 Å². The van der Waals surface area contributed by atoms with Crippen molar-refractivity contribution in [3.63, 3.8) is 0 Å². The van der Waals surface area contributed by atoms with Gasteiger partial charge in [-0.3, -0.25) is 4.79 Å². The summed E-state index contributed by atoms with van der Waals surface area (Å²) in [7, 11) is 0. The Morgan fingerprint density at radius 1 is 0.846 bits per heavy atom. The number of hydrogen-bond donors (Lipinski definition) is 3. The molecule has 0 aliphatic carbocycles. The van der Waals surface area contributed by atoms with Crippen molar-refractivity contribution in [2.24, 2.45) is 0 Å². The molecular formula is C21H27N3OS. The van der Waals surface area contributed by atoms with Gasteiger partial charge in [-0.2, -0.15) is 0 Å². The largest absolute Gasteiger partial charge is 0.356 e. The molecular weight excluding hydrogens is 342 g/mol. The van der Waals surface area contributed by atoms with E-state index in [-0.39, 0.29) is 5.91 Å². The summed E-state index contributed by atoms with van der Waals surface area (Å²) in [6, 6.07) is 17.8. The van der Waals surface area contributed by atoms with Crippen molar-refractivity contribution in [1.29, 1.82) is 0 Å². The molecule has 0 aromatic heterocycles. The first-order valence-corrected chi connectivity index (χ1v) is 9.61. The van der Waals surface area contributed by atoms with Crippen LogP contribution in [0.4, 0.5) is 17.1 Å². The summed E-state index contributed by atoms with van der Waals surface area (Å²) in [5.74, 6) is -0.0265. The van der Waals surface area contributed by atoms with Crippen molar-refractivity contribution >= 4 is 40.3 Å². The molecule has 2 aromatic rings. The molecule has 0 saturated carbocycles. The third-order valence-electron chi connectivity index (χ3n) is 3.97. The number of carbonyl (C=O) groups is 1. The van der Waals surface area contributed by atoms with Crippen LogP contribution in [0.5, 0.6) is 0 Å². The Morgan fingerprint density at radius 2 is 1.46 bits per heavy atom. The SMILES string of the molecule is CCCCCCCC(=O)NC(=S)Nc1ccc(Nc2ccccc2)cc1. The summed E-state index contributed by atoms with van der Waals surface area (Å²) < 4.78 is 0. The lowest BCUT2D eigenvalue weighted by Gasteiger charge is -2.11.